The van der Waals surface area contributed by atoms with Gasteiger partial charge in [-0.15, -0.1) is 0 Å². The smallest absolute Gasteiger partial charge is 0.258 e. The molecule has 1 aliphatic heterocycles. The van der Waals surface area contributed by atoms with Crippen molar-refractivity contribution in [1.82, 2.24) is 4.90 Å². The summed E-state index contributed by atoms with van der Waals surface area (Å²) < 4.78 is 5.53. The average molecular weight is 338 g/mol. The molecule has 5 nitrogen and oxygen atoms in total. The third-order valence-corrected chi connectivity index (χ3v) is 4.41. The molecule has 1 aliphatic rings. The van der Waals surface area contributed by atoms with Gasteiger partial charge in [-0.05, 0) is 55.2 Å². The first-order chi connectivity index (χ1) is 12.0. The van der Waals surface area contributed by atoms with Crippen molar-refractivity contribution in [3.63, 3.8) is 0 Å². The van der Waals surface area contributed by atoms with Crippen LogP contribution in [0.4, 0.5) is 0 Å². The largest absolute Gasteiger partial charge is 0.481 e. The number of primary amides is 1. The molecule has 1 atom stereocenters. The standard InChI is InChI=1S/C20H22N2O3/c1-14(19(21)23)25-18-6-4-5-17(13-18)15-7-9-16(10-8-15)20(24)22-11-2-3-12-22/h4-10,13-14H,2-3,11-12H2,1H3,(H2,21,23). The first kappa shape index (κ1) is 17.0. The minimum Gasteiger partial charge on any atom is -0.481 e. The van der Waals surface area contributed by atoms with Crippen molar-refractivity contribution in [2.45, 2.75) is 25.9 Å². The molecule has 0 saturated carbocycles. The van der Waals surface area contributed by atoms with Gasteiger partial charge in [0, 0.05) is 18.7 Å². The molecular weight excluding hydrogens is 316 g/mol. The molecule has 2 aromatic carbocycles. The lowest BCUT2D eigenvalue weighted by atomic mass is 10.0. The molecule has 1 saturated heterocycles. The van der Waals surface area contributed by atoms with E-state index >= 15 is 0 Å². The summed E-state index contributed by atoms with van der Waals surface area (Å²) in [6.45, 7) is 3.31. The van der Waals surface area contributed by atoms with Crippen molar-refractivity contribution in [2.75, 3.05) is 13.1 Å². The number of hydrogen-bond donors (Lipinski definition) is 1. The van der Waals surface area contributed by atoms with Gasteiger partial charge < -0.3 is 15.4 Å². The molecule has 25 heavy (non-hydrogen) atoms. The van der Waals surface area contributed by atoms with Gasteiger partial charge in [-0.25, -0.2) is 0 Å². The Morgan fingerprint density at radius 1 is 1.04 bits per heavy atom. The Bertz CT molecular complexity index is 765. The van der Waals surface area contributed by atoms with Crippen LogP contribution in [0.3, 0.4) is 0 Å². The summed E-state index contributed by atoms with van der Waals surface area (Å²) in [5.74, 6) is 0.174. The van der Waals surface area contributed by atoms with Gasteiger partial charge in [0.1, 0.15) is 5.75 Å². The third-order valence-electron chi connectivity index (χ3n) is 4.41. The molecular formula is C20H22N2O3. The second kappa shape index (κ2) is 7.38. The molecule has 0 radical (unpaired) electrons. The molecule has 1 heterocycles. The summed E-state index contributed by atoms with van der Waals surface area (Å²) >= 11 is 0. The number of ether oxygens (including phenoxy) is 1. The monoisotopic (exact) mass is 338 g/mol. The van der Waals surface area contributed by atoms with Gasteiger partial charge in [-0.1, -0.05) is 24.3 Å². The van der Waals surface area contributed by atoms with Gasteiger partial charge in [-0.2, -0.15) is 0 Å². The summed E-state index contributed by atoms with van der Waals surface area (Å²) in [5.41, 5.74) is 7.87. The highest BCUT2D eigenvalue weighted by molar-refractivity contribution is 5.94. The Kier molecular flexibility index (Phi) is 5.03. The van der Waals surface area contributed by atoms with E-state index in [1.165, 1.54) is 0 Å². The van der Waals surface area contributed by atoms with E-state index in [4.69, 9.17) is 10.5 Å². The van der Waals surface area contributed by atoms with Crippen molar-refractivity contribution >= 4 is 11.8 Å². The van der Waals surface area contributed by atoms with E-state index in [2.05, 4.69) is 0 Å². The summed E-state index contributed by atoms with van der Waals surface area (Å²) in [5, 5.41) is 0. The molecule has 5 heteroatoms. The van der Waals surface area contributed by atoms with Gasteiger partial charge in [0.2, 0.25) is 0 Å². The second-order valence-electron chi connectivity index (χ2n) is 6.27. The molecule has 0 aromatic heterocycles. The van der Waals surface area contributed by atoms with Gasteiger partial charge in [0.05, 0.1) is 0 Å². The maximum Gasteiger partial charge on any atom is 0.258 e. The zero-order valence-corrected chi connectivity index (χ0v) is 14.3. The van der Waals surface area contributed by atoms with E-state index in [9.17, 15) is 9.59 Å². The molecule has 1 fully saturated rings. The Balaban J connectivity index is 1.75. The number of likely N-dealkylation sites (tertiary alicyclic amines) is 1. The fraction of sp³-hybridized carbons (Fsp3) is 0.300. The van der Waals surface area contributed by atoms with E-state index < -0.39 is 12.0 Å². The van der Waals surface area contributed by atoms with Gasteiger partial charge in [0.25, 0.3) is 11.8 Å². The van der Waals surface area contributed by atoms with Crippen molar-refractivity contribution in [3.05, 3.63) is 54.1 Å². The third kappa shape index (κ3) is 3.99. The molecule has 0 aliphatic carbocycles. The number of carbonyl (C=O) groups excluding carboxylic acids is 2. The minimum absolute atomic E-state index is 0.0939. The fourth-order valence-corrected chi connectivity index (χ4v) is 2.92. The zero-order chi connectivity index (χ0) is 17.8. The van der Waals surface area contributed by atoms with Gasteiger partial charge in [0.15, 0.2) is 6.10 Å². The Hall–Kier alpha value is -2.82. The number of nitrogens with zero attached hydrogens (tertiary/aromatic N) is 1. The van der Waals surface area contributed by atoms with Crippen LogP contribution in [0.25, 0.3) is 11.1 Å². The first-order valence-electron chi connectivity index (χ1n) is 8.50. The molecule has 0 spiro atoms. The van der Waals surface area contributed by atoms with Crippen LogP contribution >= 0.6 is 0 Å². The lowest BCUT2D eigenvalue weighted by Gasteiger charge is -2.15. The van der Waals surface area contributed by atoms with Crippen molar-refractivity contribution in [1.29, 1.82) is 0 Å². The molecule has 2 amide bonds. The van der Waals surface area contributed by atoms with E-state index in [0.717, 1.165) is 37.1 Å². The zero-order valence-electron chi connectivity index (χ0n) is 14.3. The van der Waals surface area contributed by atoms with E-state index in [-0.39, 0.29) is 5.91 Å². The van der Waals surface area contributed by atoms with Gasteiger partial charge >= 0.3 is 0 Å². The number of hydrogen-bond acceptors (Lipinski definition) is 3. The summed E-state index contributed by atoms with van der Waals surface area (Å²) in [7, 11) is 0. The Morgan fingerprint density at radius 3 is 2.36 bits per heavy atom. The number of rotatable bonds is 5. The first-order valence-corrected chi connectivity index (χ1v) is 8.50. The van der Waals surface area contributed by atoms with Crippen LogP contribution < -0.4 is 10.5 Å². The Morgan fingerprint density at radius 2 is 1.72 bits per heavy atom. The normalized spacial score (nSPS) is 15.0. The summed E-state index contributed by atoms with van der Waals surface area (Å²) in [6, 6.07) is 15.0. The predicted octanol–water partition coefficient (Wildman–Crippen LogP) is 2.84. The molecule has 130 valence electrons. The van der Waals surface area contributed by atoms with Crippen LogP contribution in [-0.2, 0) is 4.79 Å². The molecule has 1 unspecified atom stereocenters. The molecule has 0 bridgehead atoms. The molecule has 3 rings (SSSR count). The van der Waals surface area contributed by atoms with Crippen molar-refractivity contribution in [3.8, 4) is 16.9 Å². The summed E-state index contributed by atoms with van der Waals surface area (Å²) in [6.07, 6.45) is 1.48. The average Bonchev–Trinajstić information content (AvgIpc) is 3.16. The molecule has 2 N–H and O–H groups in total. The number of amides is 2. The lowest BCUT2D eigenvalue weighted by molar-refractivity contribution is -0.123. The van der Waals surface area contributed by atoms with Crippen LogP contribution in [0.1, 0.15) is 30.1 Å². The Labute approximate surface area is 147 Å². The topological polar surface area (TPSA) is 72.6 Å². The lowest BCUT2D eigenvalue weighted by Crippen LogP contribution is -2.30. The second-order valence-corrected chi connectivity index (χ2v) is 6.27. The van der Waals surface area contributed by atoms with Crippen molar-refractivity contribution < 1.29 is 14.3 Å². The summed E-state index contributed by atoms with van der Waals surface area (Å²) in [4.78, 5) is 25.4. The number of benzene rings is 2. The highest BCUT2D eigenvalue weighted by atomic mass is 16.5. The highest BCUT2D eigenvalue weighted by Crippen LogP contribution is 2.25. The predicted molar refractivity (Wildman–Crippen MR) is 96.3 cm³/mol. The highest BCUT2D eigenvalue weighted by Gasteiger charge is 2.19. The number of nitrogens with two attached hydrogens (primary N) is 1. The van der Waals surface area contributed by atoms with Crippen LogP contribution in [0, 0.1) is 0 Å². The minimum atomic E-state index is -0.685. The van der Waals surface area contributed by atoms with Crippen LogP contribution in [0.2, 0.25) is 0 Å². The van der Waals surface area contributed by atoms with Crippen molar-refractivity contribution in [2.24, 2.45) is 5.73 Å². The van der Waals surface area contributed by atoms with Crippen LogP contribution in [0.5, 0.6) is 5.75 Å². The van der Waals surface area contributed by atoms with E-state index in [1.807, 2.05) is 47.4 Å². The SMILES string of the molecule is CC(Oc1cccc(-c2ccc(C(=O)N3CCCC3)cc2)c1)C(N)=O. The molecule has 2 aromatic rings. The van der Waals surface area contributed by atoms with Crippen LogP contribution in [-0.4, -0.2) is 35.9 Å². The fourth-order valence-electron chi connectivity index (χ4n) is 2.92. The maximum atomic E-state index is 12.4. The van der Waals surface area contributed by atoms with E-state index in [0.29, 0.717) is 11.3 Å². The maximum absolute atomic E-state index is 12.4. The number of carbonyl (C=O) groups is 2. The van der Waals surface area contributed by atoms with E-state index in [1.54, 1.807) is 13.0 Å². The quantitative estimate of drug-likeness (QED) is 0.911. The van der Waals surface area contributed by atoms with Crippen LogP contribution in [0.15, 0.2) is 48.5 Å². The van der Waals surface area contributed by atoms with Gasteiger partial charge in [-0.3, -0.25) is 9.59 Å².